The number of sulfonamides is 1. The third-order valence-corrected chi connectivity index (χ3v) is 4.29. The van der Waals surface area contributed by atoms with E-state index in [1.807, 2.05) is 0 Å². The lowest BCUT2D eigenvalue weighted by Crippen LogP contribution is -2.30. The van der Waals surface area contributed by atoms with Crippen LogP contribution in [0.25, 0.3) is 0 Å². The second-order valence-corrected chi connectivity index (χ2v) is 7.77. The summed E-state index contributed by atoms with van der Waals surface area (Å²) in [5.41, 5.74) is 1.32. The fourth-order valence-corrected chi connectivity index (χ4v) is 2.96. The third-order valence-electron chi connectivity index (χ3n) is 3.69. The molecule has 0 heterocycles. The molecule has 1 aromatic carbocycles. The summed E-state index contributed by atoms with van der Waals surface area (Å²) in [4.78, 5) is 2.31. The van der Waals surface area contributed by atoms with E-state index in [-0.39, 0.29) is 0 Å². The summed E-state index contributed by atoms with van der Waals surface area (Å²) in [5.74, 6) is 0. The minimum Gasteiger partial charge on any atom is -0.387 e. The number of benzene rings is 1. The minimum absolute atomic E-state index is 0.511. The molecule has 1 aromatic rings. The van der Waals surface area contributed by atoms with E-state index in [1.165, 1.54) is 0 Å². The van der Waals surface area contributed by atoms with Crippen LogP contribution < -0.4 is 4.72 Å². The van der Waals surface area contributed by atoms with E-state index in [4.69, 9.17) is 0 Å². The smallest absolute Gasteiger partial charge is 0.229 e. The van der Waals surface area contributed by atoms with Gasteiger partial charge in [-0.3, -0.25) is 4.72 Å². The Morgan fingerprint density at radius 3 is 2.04 bits per heavy atom. The first-order chi connectivity index (χ1) is 10.9. The molecule has 6 heteroatoms. The molecule has 0 aliphatic rings. The molecule has 1 rings (SSSR count). The van der Waals surface area contributed by atoms with Gasteiger partial charge in [-0.1, -0.05) is 38.8 Å². The first kappa shape index (κ1) is 19.9. The van der Waals surface area contributed by atoms with E-state index >= 15 is 0 Å². The molecular formula is C17H30N2O3S. The van der Waals surface area contributed by atoms with Crippen LogP contribution in [-0.2, 0) is 10.0 Å². The number of anilines is 1. The average molecular weight is 343 g/mol. The Bertz CT molecular complexity index is 535. The zero-order valence-electron chi connectivity index (χ0n) is 14.5. The number of rotatable bonds is 11. The normalized spacial score (nSPS) is 13.3. The summed E-state index contributed by atoms with van der Waals surface area (Å²) in [7, 11) is -3.27. The molecule has 0 aromatic heterocycles. The number of aliphatic hydroxyl groups is 1. The van der Waals surface area contributed by atoms with Crippen LogP contribution >= 0.6 is 0 Å². The van der Waals surface area contributed by atoms with Crippen molar-refractivity contribution in [2.24, 2.45) is 0 Å². The Morgan fingerprint density at radius 1 is 1.09 bits per heavy atom. The van der Waals surface area contributed by atoms with Crippen molar-refractivity contribution in [3.05, 3.63) is 29.8 Å². The molecule has 0 spiro atoms. The molecule has 0 fully saturated rings. The highest BCUT2D eigenvalue weighted by Crippen LogP contribution is 2.18. The molecule has 0 saturated heterocycles. The summed E-state index contributed by atoms with van der Waals surface area (Å²) in [6.45, 7) is 6.95. The Hall–Kier alpha value is -1.11. The van der Waals surface area contributed by atoms with Gasteiger partial charge < -0.3 is 10.0 Å². The van der Waals surface area contributed by atoms with Gasteiger partial charge in [0.25, 0.3) is 0 Å². The minimum atomic E-state index is -3.27. The maximum Gasteiger partial charge on any atom is 0.229 e. The van der Waals surface area contributed by atoms with Gasteiger partial charge in [0.05, 0.1) is 12.4 Å². The van der Waals surface area contributed by atoms with Gasteiger partial charge in [-0.05, 0) is 43.6 Å². The molecule has 23 heavy (non-hydrogen) atoms. The van der Waals surface area contributed by atoms with Gasteiger partial charge >= 0.3 is 0 Å². The summed E-state index contributed by atoms with van der Waals surface area (Å²) >= 11 is 0. The Balaban J connectivity index is 2.65. The van der Waals surface area contributed by atoms with Crippen molar-refractivity contribution < 1.29 is 13.5 Å². The molecule has 0 saturated carbocycles. The SMILES string of the molecule is CCCCN(CCCC)CC(O)c1ccc(NS(C)(=O)=O)cc1. The number of aliphatic hydroxyl groups excluding tert-OH is 1. The molecule has 2 N–H and O–H groups in total. The topological polar surface area (TPSA) is 69.6 Å². The number of unbranched alkanes of at least 4 members (excludes halogenated alkanes) is 2. The van der Waals surface area contributed by atoms with Gasteiger partial charge in [0.2, 0.25) is 10.0 Å². The molecule has 0 aliphatic heterocycles. The van der Waals surface area contributed by atoms with Crippen LogP contribution in [-0.4, -0.2) is 44.3 Å². The maximum absolute atomic E-state index is 11.2. The van der Waals surface area contributed by atoms with Gasteiger partial charge in [0.15, 0.2) is 0 Å². The molecule has 0 radical (unpaired) electrons. The fraction of sp³-hybridized carbons (Fsp3) is 0.647. The fourth-order valence-electron chi connectivity index (χ4n) is 2.40. The van der Waals surface area contributed by atoms with Gasteiger partial charge in [-0.2, -0.15) is 0 Å². The van der Waals surface area contributed by atoms with Crippen LogP contribution in [0, 0.1) is 0 Å². The van der Waals surface area contributed by atoms with Crippen LogP contribution in [0.4, 0.5) is 5.69 Å². The largest absolute Gasteiger partial charge is 0.387 e. The van der Waals surface area contributed by atoms with Crippen molar-refractivity contribution in [1.82, 2.24) is 4.90 Å². The molecule has 1 atom stereocenters. The zero-order valence-corrected chi connectivity index (χ0v) is 15.3. The molecule has 0 bridgehead atoms. The molecule has 5 nitrogen and oxygen atoms in total. The summed E-state index contributed by atoms with van der Waals surface area (Å²) in [6, 6.07) is 6.91. The van der Waals surface area contributed by atoms with Crippen molar-refractivity contribution in [1.29, 1.82) is 0 Å². The van der Waals surface area contributed by atoms with Crippen molar-refractivity contribution in [2.75, 3.05) is 30.6 Å². The lowest BCUT2D eigenvalue weighted by atomic mass is 10.1. The molecule has 0 aliphatic carbocycles. The van der Waals surface area contributed by atoms with Crippen molar-refractivity contribution in [3.8, 4) is 0 Å². The van der Waals surface area contributed by atoms with Crippen LogP contribution in [0.2, 0.25) is 0 Å². The predicted octanol–water partition coefficient (Wildman–Crippen LogP) is 2.99. The monoisotopic (exact) mass is 342 g/mol. The number of hydrogen-bond donors (Lipinski definition) is 2. The van der Waals surface area contributed by atoms with E-state index in [1.54, 1.807) is 24.3 Å². The second-order valence-electron chi connectivity index (χ2n) is 6.02. The van der Waals surface area contributed by atoms with E-state index in [0.29, 0.717) is 12.2 Å². The van der Waals surface area contributed by atoms with Gasteiger partial charge in [0, 0.05) is 12.2 Å². The summed E-state index contributed by atoms with van der Waals surface area (Å²) < 4.78 is 24.8. The maximum atomic E-state index is 11.2. The summed E-state index contributed by atoms with van der Waals surface area (Å²) in [6.07, 6.45) is 5.11. The van der Waals surface area contributed by atoms with E-state index in [9.17, 15) is 13.5 Å². The van der Waals surface area contributed by atoms with E-state index in [0.717, 1.165) is 50.6 Å². The predicted molar refractivity (Wildman–Crippen MR) is 96.1 cm³/mol. The highest BCUT2D eigenvalue weighted by atomic mass is 32.2. The van der Waals surface area contributed by atoms with Gasteiger partial charge in [-0.25, -0.2) is 8.42 Å². The number of nitrogens with one attached hydrogen (secondary N) is 1. The number of nitrogens with zero attached hydrogens (tertiary/aromatic N) is 1. The van der Waals surface area contributed by atoms with E-state index in [2.05, 4.69) is 23.5 Å². The Kier molecular flexibility index (Phi) is 8.58. The molecular weight excluding hydrogens is 312 g/mol. The highest BCUT2D eigenvalue weighted by Gasteiger charge is 2.13. The third kappa shape index (κ3) is 8.34. The standard InChI is InChI=1S/C17H30N2O3S/c1-4-6-12-19(13-7-5-2)14-17(20)15-8-10-16(11-9-15)18-23(3,21)22/h8-11,17-18,20H,4-7,12-14H2,1-3H3. The molecule has 1 unspecified atom stereocenters. The second kappa shape index (κ2) is 9.90. The lowest BCUT2D eigenvalue weighted by molar-refractivity contribution is 0.111. The van der Waals surface area contributed by atoms with Crippen molar-refractivity contribution in [3.63, 3.8) is 0 Å². The average Bonchev–Trinajstić information content (AvgIpc) is 2.49. The quantitative estimate of drug-likeness (QED) is 0.648. The van der Waals surface area contributed by atoms with Crippen LogP contribution in [0.1, 0.15) is 51.2 Å². The zero-order chi connectivity index (χ0) is 17.3. The van der Waals surface area contributed by atoms with Crippen molar-refractivity contribution >= 4 is 15.7 Å². The van der Waals surface area contributed by atoms with Crippen molar-refractivity contribution in [2.45, 2.75) is 45.6 Å². The highest BCUT2D eigenvalue weighted by molar-refractivity contribution is 7.92. The lowest BCUT2D eigenvalue weighted by Gasteiger charge is -2.25. The Labute approximate surface area is 140 Å². The van der Waals surface area contributed by atoms with Gasteiger partial charge in [-0.15, -0.1) is 0 Å². The summed E-state index contributed by atoms with van der Waals surface area (Å²) in [5, 5.41) is 10.4. The molecule has 0 amide bonds. The number of hydrogen-bond acceptors (Lipinski definition) is 4. The Morgan fingerprint density at radius 2 is 1.61 bits per heavy atom. The van der Waals surface area contributed by atoms with Crippen LogP contribution in [0.15, 0.2) is 24.3 Å². The van der Waals surface area contributed by atoms with Crippen LogP contribution in [0.3, 0.4) is 0 Å². The molecule has 132 valence electrons. The first-order valence-electron chi connectivity index (χ1n) is 8.34. The van der Waals surface area contributed by atoms with Crippen LogP contribution in [0.5, 0.6) is 0 Å². The van der Waals surface area contributed by atoms with E-state index < -0.39 is 16.1 Å². The first-order valence-corrected chi connectivity index (χ1v) is 10.2. The van der Waals surface area contributed by atoms with Gasteiger partial charge in [0.1, 0.15) is 0 Å².